The molecule has 5 nitrogen and oxygen atoms in total. The van der Waals surface area contributed by atoms with Crippen molar-refractivity contribution in [3.8, 4) is 0 Å². The Labute approximate surface area is 110 Å². The van der Waals surface area contributed by atoms with Gasteiger partial charge in [0.25, 0.3) is 5.69 Å². The van der Waals surface area contributed by atoms with Crippen LogP contribution in [0.2, 0.25) is 0 Å². The molecule has 1 aromatic heterocycles. The molecule has 0 aliphatic heterocycles. The summed E-state index contributed by atoms with van der Waals surface area (Å²) in [6.45, 7) is 0.812. The van der Waals surface area contributed by atoms with Gasteiger partial charge in [-0.1, -0.05) is 6.07 Å². The van der Waals surface area contributed by atoms with Crippen molar-refractivity contribution in [3.63, 3.8) is 0 Å². The SMILES string of the molecule is O=CCCCC[n+]1ccc2c([N+](=O)[O-])cccc2c1. The van der Waals surface area contributed by atoms with Crippen LogP contribution in [0.3, 0.4) is 0 Å². The number of unbranched alkanes of at least 4 members (excludes halogenated alkanes) is 2. The number of aldehydes is 1. The Kier molecular flexibility index (Phi) is 4.18. The number of nitro benzene ring substituents is 1. The summed E-state index contributed by atoms with van der Waals surface area (Å²) in [6.07, 6.45) is 7.04. The topological polar surface area (TPSA) is 64.1 Å². The van der Waals surface area contributed by atoms with Crippen LogP contribution in [0.15, 0.2) is 36.7 Å². The summed E-state index contributed by atoms with van der Waals surface area (Å²) in [6, 6.07) is 6.84. The summed E-state index contributed by atoms with van der Waals surface area (Å²) in [5.41, 5.74) is 0.130. The highest BCUT2D eigenvalue weighted by atomic mass is 16.6. The predicted octanol–water partition coefficient (Wildman–Crippen LogP) is 2.40. The average molecular weight is 259 g/mol. The highest BCUT2D eigenvalue weighted by Gasteiger charge is 2.13. The molecule has 2 aromatic rings. The Bertz CT molecular complexity index is 611. The summed E-state index contributed by atoms with van der Waals surface area (Å²) in [4.78, 5) is 20.8. The fourth-order valence-electron chi connectivity index (χ4n) is 2.08. The van der Waals surface area contributed by atoms with E-state index in [0.717, 1.165) is 31.1 Å². The molecule has 0 N–H and O–H groups in total. The van der Waals surface area contributed by atoms with Crippen molar-refractivity contribution in [3.05, 3.63) is 46.8 Å². The highest BCUT2D eigenvalue weighted by Crippen LogP contribution is 2.23. The van der Waals surface area contributed by atoms with Gasteiger partial charge in [0.1, 0.15) is 12.8 Å². The molecule has 5 heteroatoms. The van der Waals surface area contributed by atoms with Crippen LogP contribution in [0, 0.1) is 10.1 Å². The molecule has 0 aliphatic rings. The minimum Gasteiger partial charge on any atom is -0.303 e. The number of aromatic nitrogens is 1. The minimum atomic E-state index is -0.364. The average Bonchev–Trinajstić information content (AvgIpc) is 2.42. The number of carbonyl (C=O) groups is 1. The van der Waals surface area contributed by atoms with Crippen molar-refractivity contribution in [1.29, 1.82) is 0 Å². The maximum absolute atomic E-state index is 10.9. The molecule has 1 heterocycles. The van der Waals surface area contributed by atoms with Gasteiger partial charge in [-0.3, -0.25) is 10.1 Å². The number of benzene rings is 1. The van der Waals surface area contributed by atoms with Crippen LogP contribution in [-0.4, -0.2) is 11.2 Å². The van der Waals surface area contributed by atoms with Crippen LogP contribution in [0.25, 0.3) is 10.8 Å². The zero-order valence-corrected chi connectivity index (χ0v) is 10.5. The lowest BCUT2D eigenvalue weighted by atomic mass is 10.1. The van der Waals surface area contributed by atoms with Crippen molar-refractivity contribution in [1.82, 2.24) is 0 Å². The molecule has 0 bridgehead atoms. The van der Waals surface area contributed by atoms with Crippen molar-refractivity contribution in [2.75, 3.05) is 0 Å². The highest BCUT2D eigenvalue weighted by molar-refractivity contribution is 5.89. The normalized spacial score (nSPS) is 10.5. The first-order chi connectivity index (χ1) is 9.22. The number of non-ortho nitro benzene ring substituents is 1. The number of rotatable bonds is 6. The zero-order chi connectivity index (χ0) is 13.7. The number of nitrogens with zero attached hydrogens (tertiary/aromatic N) is 2. The molecule has 19 heavy (non-hydrogen) atoms. The number of pyridine rings is 1. The van der Waals surface area contributed by atoms with E-state index in [4.69, 9.17) is 0 Å². The van der Waals surface area contributed by atoms with E-state index in [2.05, 4.69) is 0 Å². The van der Waals surface area contributed by atoms with Crippen molar-refractivity contribution < 1.29 is 14.3 Å². The maximum Gasteiger partial charge on any atom is 0.277 e. The van der Waals surface area contributed by atoms with Gasteiger partial charge >= 0.3 is 0 Å². The van der Waals surface area contributed by atoms with Crippen LogP contribution in [0.1, 0.15) is 19.3 Å². The molecule has 0 atom stereocenters. The van der Waals surface area contributed by atoms with E-state index in [1.54, 1.807) is 12.1 Å². The molecule has 0 radical (unpaired) electrons. The molecule has 2 rings (SSSR count). The monoisotopic (exact) mass is 259 g/mol. The third-order valence-corrected chi connectivity index (χ3v) is 3.04. The van der Waals surface area contributed by atoms with Gasteiger partial charge in [-0.15, -0.1) is 0 Å². The van der Waals surface area contributed by atoms with Gasteiger partial charge < -0.3 is 4.79 Å². The number of aryl methyl sites for hydroxylation is 1. The molecule has 0 fully saturated rings. The lowest BCUT2D eigenvalue weighted by molar-refractivity contribution is -0.696. The molecule has 0 amide bonds. The molecule has 0 saturated carbocycles. The molecule has 0 saturated heterocycles. The lowest BCUT2D eigenvalue weighted by Gasteiger charge is -2.00. The van der Waals surface area contributed by atoms with Gasteiger partial charge in [-0.2, -0.15) is 0 Å². The first kappa shape index (κ1) is 13.1. The molecule has 0 spiro atoms. The largest absolute Gasteiger partial charge is 0.303 e. The van der Waals surface area contributed by atoms with E-state index in [1.807, 2.05) is 23.0 Å². The van der Waals surface area contributed by atoms with Crippen LogP contribution in [0.5, 0.6) is 0 Å². The van der Waals surface area contributed by atoms with E-state index in [0.29, 0.717) is 11.8 Å². The Morgan fingerprint density at radius 3 is 2.84 bits per heavy atom. The Morgan fingerprint density at radius 1 is 1.26 bits per heavy atom. The van der Waals surface area contributed by atoms with E-state index >= 15 is 0 Å². The molecule has 0 aliphatic carbocycles. The maximum atomic E-state index is 10.9. The van der Waals surface area contributed by atoms with Gasteiger partial charge in [0, 0.05) is 25.0 Å². The zero-order valence-electron chi connectivity index (χ0n) is 10.5. The summed E-state index contributed by atoms with van der Waals surface area (Å²) >= 11 is 0. The van der Waals surface area contributed by atoms with E-state index < -0.39 is 0 Å². The fourth-order valence-corrected chi connectivity index (χ4v) is 2.08. The lowest BCUT2D eigenvalue weighted by Crippen LogP contribution is -2.32. The first-order valence-corrected chi connectivity index (χ1v) is 6.22. The quantitative estimate of drug-likeness (QED) is 0.263. The second-order valence-corrected chi connectivity index (χ2v) is 4.38. The summed E-state index contributed by atoms with van der Waals surface area (Å²) in [5.74, 6) is 0. The van der Waals surface area contributed by atoms with Crippen molar-refractivity contribution in [2.45, 2.75) is 25.8 Å². The van der Waals surface area contributed by atoms with E-state index in [1.165, 1.54) is 6.07 Å². The Hall–Kier alpha value is -2.30. The fraction of sp³-hybridized carbons (Fsp3) is 0.286. The second kappa shape index (κ2) is 6.04. The smallest absolute Gasteiger partial charge is 0.277 e. The van der Waals surface area contributed by atoms with Gasteiger partial charge in [-0.25, -0.2) is 4.57 Å². The Balaban J connectivity index is 2.21. The number of carbonyl (C=O) groups excluding carboxylic acids is 1. The van der Waals surface area contributed by atoms with E-state index in [-0.39, 0.29) is 10.6 Å². The number of hydrogen-bond acceptors (Lipinski definition) is 3. The molecule has 98 valence electrons. The molecular weight excluding hydrogens is 244 g/mol. The van der Waals surface area contributed by atoms with Gasteiger partial charge in [0.15, 0.2) is 12.4 Å². The number of fused-ring (bicyclic) bond motifs is 1. The van der Waals surface area contributed by atoms with Gasteiger partial charge in [0.2, 0.25) is 0 Å². The molecule has 0 unspecified atom stereocenters. The first-order valence-electron chi connectivity index (χ1n) is 6.22. The number of nitro groups is 1. The van der Waals surface area contributed by atoms with Crippen LogP contribution in [0.4, 0.5) is 5.69 Å². The summed E-state index contributed by atoms with van der Waals surface area (Å²) in [7, 11) is 0. The molecule has 1 aromatic carbocycles. The second-order valence-electron chi connectivity index (χ2n) is 4.38. The minimum absolute atomic E-state index is 0.130. The molecular formula is C14H15N2O3+. The summed E-state index contributed by atoms with van der Waals surface area (Å²) < 4.78 is 2.00. The summed E-state index contributed by atoms with van der Waals surface area (Å²) in [5, 5.41) is 12.4. The van der Waals surface area contributed by atoms with Crippen LogP contribution < -0.4 is 4.57 Å². The van der Waals surface area contributed by atoms with Crippen LogP contribution in [-0.2, 0) is 11.3 Å². The third kappa shape index (κ3) is 3.13. The van der Waals surface area contributed by atoms with Gasteiger partial charge in [-0.05, 0) is 12.5 Å². The van der Waals surface area contributed by atoms with Gasteiger partial charge in [0.05, 0.1) is 15.7 Å². The van der Waals surface area contributed by atoms with E-state index in [9.17, 15) is 14.9 Å². The number of hydrogen-bond donors (Lipinski definition) is 0. The Morgan fingerprint density at radius 2 is 2.11 bits per heavy atom. The van der Waals surface area contributed by atoms with Crippen molar-refractivity contribution >= 4 is 22.7 Å². The van der Waals surface area contributed by atoms with Crippen LogP contribution >= 0.6 is 0 Å². The predicted molar refractivity (Wildman–Crippen MR) is 70.7 cm³/mol. The third-order valence-electron chi connectivity index (χ3n) is 3.04. The van der Waals surface area contributed by atoms with Crippen molar-refractivity contribution in [2.24, 2.45) is 0 Å². The standard InChI is InChI=1S/C14H15N2O3/c17-10-3-1-2-8-15-9-7-13-12(11-15)5-4-6-14(13)16(18)19/h4-7,9-11H,1-3,8H2/q+1.